The molecule has 0 N–H and O–H groups in total. The van der Waals surface area contributed by atoms with Gasteiger partial charge in [0, 0.05) is 11.9 Å². The third-order valence-electron chi connectivity index (χ3n) is 3.81. The van der Waals surface area contributed by atoms with Gasteiger partial charge in [0.1, 0.15) is 11.6 Å². The summed E-state index contributed by atoms with van der Waals surface area (Å²) in [6.45, 7) is 6.54. The zero-order chi connectivity index (χ0) is 15.4. The van der Waals surface area contributed by atoms with Gasteiger partial charge in [-0.25, -0.2) is 0 Å². The SMILES string of the molecule is CCC(CC)n1ccc(Cn2c(C)ccc(C#N)c2=O)n1. The third-order valence-corrected chi connectivity index (χ3v) is 3.81. The summed E-state index contributed by atoms with van der Waals surface area (Å²) in [6, 6.07) is 7.61. The number of hydrogen-bond acceptors (Lipinski definition) is 3. The minimum absolute atomic E-state index is 0.167. The van der Waals surface area contributed by atoms with Crippen molar-refractivity contribution in [2.24, 2.45) is 0 Å². The lowest BCUT2D eigenvalue weighted by Gasteiger charge is -2.13. The predicted octanol–water partition coefficient (Wildman–Crippen LogP) is 2.63. The van der Waals surface area contributed by atoms with E-state index in [2.05, 4.69) is 18.9 Å². The summed E-state index contributed by atoms with van der Waals surface area (Å²) in [4.78, 5) is 12.2. The molecule has 0 aliphatic rings. The lowest BCUT2D eigenvalue weighted by atomic mass is 10.2. The van der Waals surface area contributed by atoms with Crippen LogP contribution in [0.3, 0.4) is 0 Å². The Hall–Kier alpha value is -2.35. The third kappa shape index (κ3) is 3.05. The molecular formula is C16H20N4O. The van der Waals surface area contributed by atoms with E-state index in [1.807, 2.05) is 29.9 Å². The molecule has 0 atom stereocenters. The number of nitrogens with zero attached hydrogens (tertiary/aromatic N) is 4. The first-order chi connectivity index (χ1) is 10.1. The Labute approximate surface area is 124 Å². The van der Waals surface area contributed by atoms with E-state index in [4.69, 9.17) is 5.26 Å². The molecule has 0 fully saturated rings. The van der Waals surface area contributed by atoms with Gasteiger partial charge in [0.2, 0.25) is 0 Å². The van der Waals surface area contributed by atoms with Gasteiger partial charge in [-0.05, 0) is 38.0 Å². The predicted molar refractivity (Wildman–Crippen MR) is 81.1 cm³/mol. The molecule has 0 aliphatic heterocycles. The van der Waals surface area contributed by atoms with Gasteiger partial charge in [-0.2, -0.15) is 10.4 Å². The molecule has 2 aromatic heterocycles. The molecule has 21 heavy (non-hydrogen) atoms. The molecule has 0 bridgehead atoms. The minimum atomic E-state index is -0.255. The van der Waals surface area contributed by atoms with Crippen molar-refractivity contribution in [3.8, 4) is 6.07 Å². The van der Waals surface area contributed by atoms with Crippen LogP contribution in [0, 0.1) is 18.3 Å². The lowest BCUT2D eigenvalue weighted by Crippen LogP contribution is -2.25. The smallest absolute Gasteiger partial charge is 0.269 e. The van der Waals surface area contributed by atoms with Crippen molar-refractivity contribution in [2.75, 3.05) is 0 Å². The first kappa shape index (κ1) is 15.0. The number of aromatic nitrogens is 3. The van der Waals surface area contributed by atoms with Crippen LogP contribution in [0.4, 0.5) is 0 Å². The molecule has 0 radical (unpaired) electrons. The molecule has 0 saturated heterocycles. The summed E-state index contributed by atoms with van der Waals surface area (Å²) in [5, 5.41) is 13.5. The van der Waals surface area contributed by atoms with E-state index in [0.29, 0.717) is 12.6 Å². The molecule has 0 spiro atoms. The van der Waals surface area contributed by atoms with Crippen molar-refractivity contribution in [3.63, 3.8) is 0 Å². The van der Waals surface area contributed by atoms with Crippen LogP contribution in [0.15, 0.2) is 29.2 Å². The molecule has 5 nitrogen and oxygen atoms in total. The Morgan fingerprint density at radius 2 is 2.00 bits per heavy atom. The quantitative estimate of drug-likeness (QED) is 0.847. The maximum Gasteiger partial charge on any atom is 0.269 e. The normalized spacial score (nSPS) is 10.8. The highest BCUT2D eigenvalue weighted by Gasteiger charge is 2.11. The molecule has 2 rings (SSSR count). The first-order valence-corrected chi connectivity index (χ1v) is 7.25. The largest absolute Gasteiger partial charge is 0.306 e. The average Bonchev–Trinajstić information content (AvgIpc) is 2.93. The summed E-state index contributed by atoms with van der Waals surface area (Å²) < 4.78 is 3.56. The molecule has 0 aliphatic carbocycles. The van der Waals surface area contributed by atoms with Crippen molar-refractivity contribution in [3.05, 3.63) is 51.7 Å². The molecular weight excluding hydrogens is 264 g/mol. The monoisotopic (exact) mass is 284 g/mol. The van der Waals surface area contributed by atoms with Gasteiger partial charge in [0.25, 0.3) is 5.56 Å². The van der Waals surface area contributed by atoms with Crippen LogP contribution in [0.5, 0.6) is 0 Å². The second-order valence-electron chi connectivity index (χ2n) is 5.15. The summed E-state index contributed by atoms with van der Waals surface area (Å²) in [6.07, 6.45) is 4.02. The van der Waals surface area contributed by atoms with Gasteiger partial charge < -0.3 is 4.57 Å². The second-order valence-corrected chi connectivity index (χ2v) is 5.15. The van der Waals surface area contributed by atoms with Gasteiger partial charge in [-0.3, -0.25) is 9.48 Å². The molecule has 110 valence electrons. The number of aryl methyl sites for hydroxylation is 1. The van der Waals surface area contributed by atoms with E-state index in [0.717, 1.165) is 24.2 Å². The van der Waals surface area contributed by atoms with Crippen molar-refractivity contribution < 1.29 is 0 Å². The second kappa shape index (κ2) is 6.40. The van der Waals surface area contributed by atoms with Crippen LogP contribution < -0.4 is 5.56 Å². The molecule has 0 amide bonds. The summed E-state index contributed by atoms with van der Waals surface area (Å²) >= 11 is 0. The van der Waals surface area contributed by atoms with E-state index in [1.54, 1.807) is 16.7 Å². The Balaban J connectivity index is 2.32. The van der Waals surface area contributed by atoms with Gasteiger partial charge in [0.15, 0.2) is 0 Å². The highest BCUT2D eigenvalue weighted by Crippen LogP contribution is 2.14. The van der Waals surface area contributed by atoms with E-state index >= 15 is 0 Å². The maximum atomic E-state index is 12.2. The van der Waals surface area contributed by atoms with Crippen molar-refractivity contribution in [1.82, 2.24) is 14.3 Å². The van der Waals surface area contributed by atoms with Crippen molar-refractivity contribution >= 4 is 0 Å². The highest BCUT2D eigenvalue weighted by molar-refractivity contribution is 5.27. The van der Waals surface area contributed by atoms with Crippen LogP contribution >= 0.6 is 0 Å². The fourth-order valence-electron chi connectivity index (χ4n) is 2.44. The Bertz CT molecular complexity index is 717. The molecule has 0 saturated carbocycles. The van der Waals surface area contributed by atoms with E-state index < -0.39 is 0 Å². The minimum Gasteiger partial charge on any atom is -0.306 e. The molecule has 0 aromatic carbocycles. The number of hydrogen-bond donors (Lipinski definition) is 0. The lowest BCUT2D eigenvalue weighted by molar-refractivity contribution is 0.424. The van der Waals surface area contributed by atoms with Gasteiger partial charge in [0.05, 0.1) is 18.3 Å². The van der Waals surface area contributed by atoms with Gasteiger partial charge in [-0.1, -0.05) is 13.8 Å². The highest BCUT2D eigenvalue weighted by atomic mass is 16.1. The standard InChI is InChI=1S/C16H20N4O/c1-4-15(5-2)20-9-8-14(18-20)11-19-12(3)6-7-13(10-17)16(19)21/h6-9,15H,4-5,11H2,1-3H3. The van der Waals surface area contributed by atoms with Crippen LogP contribution in [0.25, 0.3) is 0 Å². The molecule has 0 unspecified atom stereocenters. The van der Waals surface area contributed by atoms with Crippen molar-refractivity contribution in [1.29, 1.82) is 5.26 Å². The van der Waals surface area contributed by atoms with Crippen LogP contribution in [-0.2, 0) is 6.54 Å². The maximum absolute atomic E-state index is 12.2. The summed E-state index contributed by atoms with van der Waals surface area (Å²) in [5.41, 5.74) is 1.58. The fraction of sp³-hybridized carbons (Fsp3) is 0.438. The zero-order valence-corrected chi connectivity index (χ0v) is 12.7. The van der Waals surface area contributed by atoms with Crippen LogP contribution in [-0.4, -0.2) is 14.3 Å². The summed E-state index contributed by atoms with van der Waals surface area (Å²) in [7, 11) is 0. The Morgan fingerprint density at radius 3 is 2.62 bits per heavy atom. The number of rotatable bonds is 5. The van der Waals surface area contributed by atoms with Crippen LogP contribution in [0.1, 0.15) is 49.7 Å². The van der Waals surface area contributed by atoms with E-state index in [9.17, 15) is 4.79 Å². The Morgan fingerprint density at radius 1 is 1.29 bits per heavy atom. The Kier molecular flexibility index (Phi) is 4.59. The average molecular weight is 284 g/mol. The summed E-state index contributed by atoms with van der Waals surface area (Å²) in [5.74, 6) is 0. The van der Waals surface area contributed by atoms with E-state index in [1.165, 1.54) is 0 Å². The number of nitriles is 1. The van der Waals surface area contributed by atoms with Crippen LogP contribution in [0.2, 0.25) is 0 Å². The number of pyridine rings is 1. The van der Waals surface area contributed by atoms with Gasteiger partial charge in [-0.15, -0.1) is 0 Å². The topological polar surface area (TPSA) is 63.6 Å². The van der Waals surface area contributed by atoms with Crippen molar-refractivity contribution in [2.45, 2.75) is 46.2 Å². The molecule has 2 aromatic rings. The van der Waals surface area contributed by atoms with Gasteiger partial charge >= 0.3 is 0 Å². The molecule has 5 heteroatoms. The zero-order valence-electron chi connectivity index (χ0n) is 12.7. The fourth-order valence-corrected chi connectivity index (χ4v) is 2.44. The molecule has 2 heterocycles. The first-order valence-electron chi connectivity index (χ1n) is 7.25. The van der Waals surface area contributed by atoms with E-state index in [-0.39, 0.29) is 11.1 Å².